The van der Waals surface area contributed by atoms with Crippen LogP contribution in [0.5, 0.6) is 17.2 Å². The first kappa shape index (κ1) is 13.3. The second-order valence-corrected chi connectivity index (χ2v) is 5.11. The van der Waals surface area contributed by atoms with Gasteiger partial charge < -0.3 is 20.2 Å². The number of carbonyl (C=O) groups excluding carboxylic acids is 1. The molecule has 3 N–H and O–H groups in total. The maximum Gasteiger partial charge on any atom is 0.258 e. The zero-order valence-electron chi connectivity index (χ0n) is 11.3. The summed E-state index contributed by atoms with van der Waals surface area (Å²) in [4.78, 5) is 13.9. The molecule has 1 heterocycles. The number of nitrogens with zero attached hydrogens (tertiary/aromatic N) is 1. The van der Waals surface area contributed by atoms with Crippen molar-refractivity contribution in [1.29, 1.82) is 0 Å². The van der Waals surface area contributed by atoms with Gasteiger partial charge in [-0.25, -0.2) is 0 Å². The molecule has 0 radical (unpaired) electrons. The van der Waals surface area contributed by atoms with E-state index < -0.39 is 0 Å². The minimum Gasteiger partial charge on any atom is -0.508 e. The number of amides is 1. The summed E-state index contributed by atoms with van der Waals surface area (Å²) >= 11 is 0. The average molecular weight is 285 g/mol. The molecule has 2 aromatic rings. The van der Waals surface area contributed by atoms with Crippen molar-refractivity contribution in [3.05, 3.63) is 53.1 Å². The van der Waals surface area contributed by atoms with Crippen LogP contribution in [0.3, 0.4) is 0 Å². The molecule has 0 atom stereocenters. The maximum absolute atomic E-state index is 12.3. The van der Waals surface area contributed by atoms with Crippen molar-refractivity contribution >= 4 is 5.91 Å². The highest BCUT2D eigenvalue weighted by Crippen LogP contribution is 2.36. The SMILES string of the molecule is O=C1c2c(ccc(O)c2O)CN1CCc1ccc(O)cc1. The van der Waals surface area contributed by atoms with Crippen LogP contribution in [0.2, 0.25) is 0 Å². The van der Waals surface area contributed by atoms with Crippen molar-refractivity contribution in [1.82, 2.24) is 4.90 Å². The molecule has 0 aliphatic carbocycles. The number of fused-ring (bicyclic) bond motifs is 1. The molecule has 0 aromatic heterocycles. The summed E-state index contributed by atoms with van der Waals surface area (Å²) in [7, 11) is 0. The van der Waals surface area contributed by atoms with Crippen LogP contribution in [0.4, 0.5) is 0 Å². The summed E-state index contributed by atoms with van der Waals surface area (Å²) in [5, 5.41) is 28.5. The van der Waals surface area contributed by atoms with E-state index in [1.807, 2.05) is 12.1 Å². The van der Waals surface area contributed by atoms with Gasteiger partial charge in [0, 0.05) is 13.1 Å². The quantitative estimate of drug-likeness (QED) is 0.753. The van der Waals surface area contributed by atoms with Crippen molar-refractivity contribution in [2.45, 2.75) is 13.0 Å². The summed E-state index contributed by atoms with van der Waals surface area (Å²) in [5.74, 6) is -0.673. The molecule has 0 bridgehead atoms. The molecule has 0 spiro atoms. The minimum atomic E-state index is -0.343. The number of benzene rings is 2. The van der Waals surface area contributed by atoms with Crippen molar-refractivity contribution < 1.29 is 20.1 Å². The highest BCUT2D eigenvalue weighted by Gasteiger charge is 2.31. The summed E-state index contributed by atoms with van der Waals surface area (Å²) in [5.41, 5.74) is 1.94. The van der Waals surface area contributed by atoms with Gasteiger partial charge in [0.1, 0.15) is 5.75 Å². The fourth-order valence-corrected chi connectivity index (χ4v) is 2.54. The van der Waals surface area contributed by atoms with Gasteiger partial charge in [-0.05, 0) is 35.7 Å². The highest BCUT2D eigenvalue weighted by molar-refractivity contribution is 6.01. The summed E-state index contributed by atoms with van der Waals surface area (Å²) in [6, 6.07) is 9.89. The molecular formula is C16H15NO4. The predicted molar refractivity (Wildman–Crippen MR) is 76.3 cm³/mol. The highest BCUT2D eigenvalue weighted by atomic mass is 16.3. The first-order chi connectivity index (χ1) is 10.1. The fourth-order valence-electron chi connectivity index (χ4n) is 2.54. The van der Waals surface area contributed by atoms with Crippen LogP contribution in [0.15, 0.2) is 36.4 Å². The lowest BCUT2D eigenvalue weighted by molar-refractivity contribution is 0.0777. The van der Waals surface area contributed by atoms with Gasteiger partial charge in [0.15, 0.2) is 11.5 Å². The van der Waals surface area contributed by atoms with E-state index in [0.29, 0.717) is 19.5 Å². The van der Waals surface area contributed by atoms with Gasteiger partial charge in [-0.2, -0.15) is 0 Å². The van der Waals surface area contributed by atoms with Crippen LogP contribution in [0, 0.1) is 0 Å². The van der Waals surface area contributed by atoms with Crippen molar-refractivity contribution in [2.75, 3.05) is 6.54 Å². The van der Waals surface area contributed by atoms with E-state index in [1.54, 1.807) is 23.1 Å². The van der Waals surface area contributed by atoms with Crippen LogP contribution in [-0.4, -0.2) is 32.7 Å². The Balaban J connectivity index is 1.73. The average Bonchev–Trinajstić information content (AvgIpc) is 2.80. The Bertz CT molecular complexity index is 694. The van der Waals surface area contributed by atoms with Crippen molar-refractivity contribution in [2.24, 2.45) is 0 Å². The summed E-state index contributed by atoms with van der Waals surface area (Å²) in [6.07, 6.45) is 0.659. The first-order valence-electron chi connectivity index (χ1n) is 6.67. The van der Waals surface area contributed by atoms with Gasteiger partial charge in [-0.15, -0.1) is 0 Å². The molecule has 1 aliphatic rings. The molecule has 0 saturated heterocycles. The summed E-state index contributed by atoms with van der Waals surface area (Å²) in [6.45, 7) is 0.943. The Morgan fingerprint density at radius 1 is 1.00 bits per heavy atom. The Hall–Kier alpha value is -2.69. The molecule has 3 rings (SSSR count). The summed E-state index contributed by atoms with van der Waals surface area (Å²) < 4.78 is 0. The van der Waals surface area contributed by atoms with Gasteiger partial charge in [0.2, 0.25) is 0 Å². The van der Waals surface area contributed by atoms with Crippen LogP contribution < -0.4 is 0 Å². The maximum atomic E-state index is 12.3. The number of phenols is 3. The smallest absolute Gasteiger partial charge is 0.258 e. The number of phenolic OH excluding ortho intramolecular Hbond substituents is 3. The third-order valence-corrected chi connectivity index (χ3v) is 3.71. The minimum absolute atomic E-state index is 0.195. The zero-order chi connectivity index (χ0) is 15.0. The largest absolute Gasteiger partial charge is 0.508 e. The number of carbonyl (C=O) groups is 1. The lowest BCUT2D eigenvalue weighted by Gasteiger charge is -2.15. The number of hydrogen-bond acceptors (Lipinski definition) is 4. The van der Waals surface area contributed by atoms with Gasteiger partial charge in [0.05, 0.1) is 5.56 Å². The second kappa shape index (κ2) is 5.01. The molecule has 1 aliphatic heterocycles. The predicted octanol–water partition coefficient (Wildman–Crippen LogP) is 2.00. The zero-order valence-corrected chi connectivity index (χ0v) is 11.3. The third kappa shape index (κ3) is 2.38. The molecule has 5 heteroatoms. The van der Waals surface area contributed by atoms with E-state index >= 15 is 0 Å². The van der Waals surface area contributed by atoms with Gasteiger partial charge in [0.25, 0.3) is 5.91 Å². The molecule has 0 saturated carbocycles. The molecular weight excluding hydrogens is 270 g/mol. The van der Waals surface area contributed by atoms with Crippen molar-refractivity contribution in [3.63, 3.8) is 0 Å². The van der Waals surface area contributed by atoms with E-state index in [4.69, 9.17) is 0 Å². The standard InChI is InChI=1S/C16H15NO4/c18-12-4-1-10(2-5-12)7-8-17-9-11-3-6-13(19)15(20)14(11)16(17)21/h1-6,18-20H,7-9H2. The second-order valence-electron chi connectivity index (χ2n) is 5.11. The topological polar surface area (TPSA) is 81.0 Å². The first-order valence-corrected chi connectivity index (χ1v) is 6.67. The number of aromatic hydroxyl groups is 3. The van der Waals surface area contributed by atoms with Crippen LogP contribution in [-0.2, 0) is 13.0 Å². The third-order valence-electron chi connectivity index (χ3n) is 3.71. The van der Waals surface area contributed by atoms with E-state index in [1.165, 1.54) is 6.07 Å². The van der Waals surface area contributed by atoms with E-state index in [2.05, 4.69) is 0 Å². The Morgan fingerprint density at radius 3 is 2.43 bits per heavy atom. The van der Waals surface area contributed by atoms with E-state index in [9.17, 15) is 20.1 Å². The molecule has 108 valence electrons. The fraction of sp³-hybridized carbons (Fsp3) is 0.188. The molecule has 2 aromatic carbocycles. The molecule has 5 nitrogen and oxygen atoms in total. The van der Waals surface area contributed by atoms with E-state index in [-0.39, 0.29) is 28.7 Å². The van der Waals surface area contributed by atoms with Crippen LogP contribution in [0.25, 0.3) is 0 Å². The Labute approximate surface area is 121 Å². The molecule has 0 unspecified atom stereocenters. The molecule has 21 heavy (non-hydrogen) atoms. The van der Waals surface area contributed by atoms with Gasteiger partial charge in [-0.3, -0.25) is 4.79 Å². The normalized spacial score (nSPS) is 13.5. The van der Waals surface area contributed by atoms with E-state index in [0.717, 1.165) is 11.1 Å². The number of hydrogen-bond donors (Lipinski definition) is 3. The lowest BCUT2D eigenvalue weighted by atomic mass is 10.1. The van der Waals surface area contributed by atoms with Crippen molar-refractivity contribution in [3.8, 4) is 17.2 Å². The Morgan fingerprint density at radius 2 is 1.71 bits per heavy atom. The molecule has 0 fully saturated rings. The van der Waals surface area contributed by atoms with Crippen LogP contribution >= 0.6 is 0 Å². The Kier molecular flexibility index (Phi) is 3.17. The number of rotatable bonds is 3. The van der Waals surface area contributed by atoms with Gasteiger partial charge >= 0.3 is 0 Å². The van der Waals surface area contributed by atoms with Gasteiger partial charge in [-0.1, -0.05) is 18.2 Å². The molecule has 1 amide bonds. The monoisotopic (exact) mass is 285 g/mol. The van der Waals surface area contributed by atoms with Crippen LogP contribution in [0.1, 0.15) is 21.5 Å². The lowest BCUT2D eigenvalue weighted by Crippen LogP contribution is -2.26.